The molecule has 1 atom stereocenters. The Kier molecular flexibility index (Phi) is 6.73. The van der Waals surface area contributed by atoms with Crippen molar-refractivity contribution < 1.29 is 14.3 Å². The Hall–Kier alpha value is -3.17. The lowest BCUT2D eigenvalue weighted by atomic mass is 10.0. The number of carbonyl (C=O) groups excluding carboxylic acids is 1. The molecule has 196 valence electrons. The van der Waals surface area contributed by atoms with Crippen LogP contribution < -0.4 is 14.5 Å². The van der Waals surface area contributed by atoms with Gasteiger partial charge in [0.1, 0.15) is 12.4 Å². The van der Waals surface area contributed by atoms with Gasteiger partial charge in [0, 0.05) is 50.0 Å². The summed E-state index contributed by atoms with van der Waals surface area (Å²) < 4.78 is 11.9. The second-order valence-electron chi connectivity index (χ2n) is 10.4. The lowest BCUT2D eigenvalue weighted by molar-refractivity contribution is -0.126. The minimum atomic E-state index is -0.0127. The van der Waals surface area contributed by atoms with Gasteiger partial charge in [-0.25, -0.2) is 0 Å². The number of hydrogen-bond donors (Lipinski definition) is 0. The summed E-state index contributed by atoms with van der Waals surface area (Å²) in [5, 5.41) is 0. The van der Waals surface area contributed by atoms with Crippen LogP contribution in [0.3, 0.4) is 0 Å². The van der Waals surface area contributed by atoms with Crippen molar-refractivity contribution in [3.8, 4) is 6.01 Å². The molecule has 2 fully saturated rings. The topological polar surface area (TPSA) is 74.3 Å². The van der Waals surface area contributed by atoms with Gasteiger partial charge in [0.25, 0.3) is 0 Å². The van der Waals surface area contributed by atoms with E-state index in [2.05, 4.69) is 46.5 Å². The van der Waals surface area contributed by atoms with Crippen molar-refractivity contribution in [1.82, 2.24) is 19.8 Å². The predicted molar refractivity (Wildman–Crippen MR) is 142 cm³/mol. The SMILES string of the molecule is C=CC(=O)N1CCN(c2nc(OC[C@@H]3CCCN3C)nc3c2CN(c2cccc4c2CCOC4)C3)CC1. The summed E-state index contributed by atoms with van der Waals surface area (Å²) >= 11 is 0. The number of aromatic nitrogens is 2. The molecule has 37 heavy (non-hydrogen) atoms. The van der Waals surface area contributed by atoms with Gasteiger partial charge in [0.15, 0.2) is 0 Å². The highest BCUT2D eigenvalue weighted by atomic mass is 16.5. The number of anilines is 2. The number of rotatable bonds is 6. The quantitative estimate of drug-likeness (QED) is 0.556. The molecule has 0 spiro atoms. The highest BCUT2D eigenvalue weighted by molar-refractivity contribution is 5.87. The fourth-order valence-corrected chi connectivity index (χ4v) is 6.04. The molecule has 2 saturated heterocycles. The van der Waals surface area contributed by atoms with Crippen molar-refractivity contribution in [3.63, 3.8) is 0 Å². The van der Waals surface area contributed by atoms with E-state index in [9.17, 15) is 4.79 Å². The third-order valence-corrected chi connectivity index (χ3v) is 8.22. The van der Waals surface area contributed by atoms with E-state index in [0.29, 0.717) is 38.4 Å². The predicted octanol–water partition coefficient (Wildman–Crippen LogP) is 2.38. The molecule has 1 aromatic heterocycles. The molecule has 9 nitrogen and oxygen atoms in total. The molecule has 1 amide bonds. The van der Waals surface area contributed by atoms with Crippen LogP contribution in [0.2, 0.25) is 0 Å². The van der Waals surface area contributed by atoms with Gasteiger partial charge in [0.05, 0.1) is 25.5 Å². The number of hydrogen-bond acceptors (Lipinski definition) is 8. The molecule has 6 rings (SSSR count). The van der Waals surface area contributed by atoms with Gasteiger partial charge in [-0.05, 0) is 56.1 Å². The summed E-state index contributed by atoms with van der Waals surface area (Å²) in [6.07, 6.45) is 4.67. The Balaban J connectivity index is 1.28. The third kappa shape index (κ3) is 4.78. The molecule has 0 aliphatic carbocycles. The van der Waals surface area contributed by atoms with E-state index < -0.39 is 0 Å². The summed E-state index contributed by atoms with van der Waals surface area (Å²) in [5.41, 5.74) is 6.13. The van der Waals surface area contributed by atoms with Gasteiger partial charge in [-0.15, -0.1) is 0 Å². The van der Waals surface area contributed by atoms with Crippen molar-refractivity contribution in [2.24, 2.45) is 0 Å². The van der Waals surface area contributed by atoms with Gasteiger partial charge < -0.3 is 29.1 Å². The van der Waals surface area contributed by atoms with Crippen molar-refractivity contribution in [2.45, 2.75) is 45.0 Å². The zero-order chi connectivity index (χ0) is 25.4. The number of likely N-dealkylation sites (N-methyl/N-ethyl adjacent to an activating group) is 1. The van der Waals surface area contributed by atoms with Crippen molar-refractivity contribution >= 4 is 17.4 Å². The first kappa shape index (κ1) is 24.2. The van der Waals surface area contributed by atoms with Gasteiger partial charge >= 0.3 is 6.01 Å². The van der Waals surface area contributed by atoms with E-state index in [1.165, 1.54) is 34.9 Å². The van der Waals surface area contributed by atoms with Crippen molar-refractivity contribution in [3.05, 3.63) is 53.2 Å². The fraction of sp³-hybridized carbons (Fsp3) is 0.536. The maximum atomic E-state index is 12.1. The molecule has 4 aliphatic rings. The number of likely N-dealkylation sites (tertiary alicyclic amines) is 1. The molecule has 5 heterocycles. The van der Waals surface area contributed by atoms with Crippen LogP contribution in [-0.4, -0.2) is 84.7 Å². The Bertz CT molecular complexity index is 1180. The monoisotopic (exact) mass is 504 g/mol. The van der Waals surface area contributed by atoms with Gasteiger partial charge in [-0.3, -0.25) is 4.79 Å². The lowest BCUT2D eigenvalue weighted by Gasteiger charge is -2.35. The van der Waals surface area contributed by atoms with Gasteiger partial charge in [-0.1, -0.05) is 18.7 Å². The molecule has 9 heteroatoms. The summed E-state index contributed by atoms with van der Waals surface area (Å²) in [7, 11) is 2.16. The Morgan fingerprint density at radius 1 is 1.14 bits per heavy atom. The van der Waals surface area contributed by atoms with Crippen LogP contribution in [0.4, 0.5) is 11.5 Å². The molecule has 0 saturated carbocycles. The van der Waals surface area contributed by atoms with Crippen LogP contribution in [0.15, 0.2) is 30.9 Å². The molecule has 0 unspecified atom stereocenters. The third-order valence-electron chi connectivity index (χ3n) is 8.22. The van der Waals surface area contributed by atoms with Gasteiger partial charge in [-0.2, -0.15) is 9.97 Å². The molecular formula is C28H36N6O3. The van der Waals surface area contributed by atoms with Crippen molar-refractivity contribution in [1.29, 1.82) is 0 Å². The molecule has 1 aromatic carbocycles. The zero-order valence-electron chi connectivity index (χ0n) is 21.7. The number of amides is 1. The second-order valence-corrected chi connectivity index (χ2v) is 10.4. The molecule has 0 bridgehead atoms. The molecule has 4 aliphatic heterocycles. The van der Waals surface area contributed by atoms with Gasteiger partial charge in [0.2, 0.25) is 5.91 Å². The zero-order valence-corrected chi connectivity index (χ0v) is 21.7. The Labute approximate surface area is 218 Å². The summed E-state index contributed by atoms with van der Waals surface area (Å²) in [6, 6.07) is 7.38. The van der Waals surface area contributed by atoms with Crippen LogP contribution in [0, 0.1) is 0 Å². The van der Waals surface area contributed by atoms with E-state index in [4.69, 9.17) is 19.4 Å². The highest BCUT2D eigenvalue weighted by Crippen LogP contribution is 2.37. The summed E-state index contributed by atoms with van der Waals surface area (Å²) in [4.78, 5) is 30.9. The van der Waals surface area contributed by atoms with Crippen LogP contribution >= 0.6 is 0 Å². The molecule has 0 N–H and O–H groups in total. The summed E-state index contributed by atoms with van der Waals surface area (Å²) in [6.45, 7) is 11.1. The first-order chi connectivity index (χ1) is 18.1. The molecule has 2 aromatic rings. The molecular weight excluding hydrogens is 468 g/mol. The minimum Gasteiger partial charge on any atom is -0.462 e. The largest absolute Gasteiger partial charge is 0.462 e. The number of benzene rings is 1. The standard InChI is InChI=1S/C28H36N6O3/c1-3-26(35)32-11-13-33(14-12-32)27-23-16-34(25-8-4-6-20-18-36-15-9-22(20)25)17-24(23)29-28(30-27)37-19-21-7-5-10-31(21)2/h3-4,6,8,21H,1,5,7,9-19H2,2H3/t21-/m0/s1. The maximum Gasteiger partial charge on any atom is 0.318 e. The van der Waals surface area contributed by atoms with E-state index in [1.807, 2.05) is 4.90 Å². The van der Waals surface area contributed by atoms with Crippen LogP contribution in [0.25, 0.3) is 0 Å². The minimum absolute atomic E-state index is 0.0127. The Morgan fingerprint density at radius 2 is 2.00 bits per heavy atom. The van der Waals surface area contributed by atoms with Crippen LogP contribution in [0.1, 0.15) is 35.2 Å². The first-order valence-corrected chi connectivity index (χ1v) is 13.4. The second kappa shape index (κ2) is 10.3. The van der Waals surface area contributed by atoms with Crippen LogP contribution in [-0.2, 0) is 35.6 Å². The average Bonchev–Trinajstić information content (AvgIpc) is 3.56. The number of ether oxygens (including phenoxy) is 2. The lowest BCUT2D eigenvalue weighted by Crippen LogP contribution is -2.48. The van der Waals surface area contributed by atoms with E-state index in [0.717, 1.165) is 63.7 Å². The van der Waals surface area contributed by atoms with Crippen LogP contribution in [0.5, 0.6) is 6.01 Å². The first-order valence-electron chi connectivity index (χ1n) is 13.4. The van der Waals surface area contributed by atoms with E-state index in [1.54, 1.807) is 0 Å². The van der Waals surface area contributed by atoms with E-state index in [-0.39, 0.29) is 5.91 Å². The maximum absolute atomic E-state index is 12.1. The Morgan fingerprint density at radius 3 is 2.78 bits per heavy atom. The van der Waals surface area contributed by atoms with Crippen molar-refractivity contribution in [2.75, 3.05) is 62.8 Å². The fourth-order valence-electron chi connectivity index (χ4n) is 6.04. The van der Waals surface area contributed by atoms with E-state index >= 15 is 0 Å². The number of piperazine rings is 1. The number of nitrogens with zero attached hydrogens (tertiary/aromatic N) is 6. The number of fused-ring (bicyclic) bond motifs is 2. The smallest absolute Gasteiger partial charge is 0.318 e. The molecule has 0 radical (unpaired) electrons. The number of carbonyl (C=O) groups is 1. The normalized spacial score (nSPS) is 21.6. The average molecular weight is 505 g/mol. The summed E-state index contributed by atoms with van der Waals surface area (Å²) in [5.74, 6) is 0.933. The highest BCUT2D eigenvalue weighted by Gasteiger charge is 2.32.